The van der Waals surface area contributed by atoms with Crippen LogP contribution in [0.15, 0.2) is 23.6 Å². The second-order valence-electron chi connectivity index (χ2n) is 6.60. The van der Waals surface area contributed by atoms with Crippen molar-refractivity contribution in [2.24, 2.45) is 19.1 Å². The highest BCUT2D eigenvalue weighted by atomic mass is 127. The number of alkyl halides is 3. The van der Waals surface area contributed by atoms with Crippen LogP contribution in [0, 0.1) is 0 Å². The van der Waals surface area contributed by atoms with Gasteiger partial charge >= 0.3 is 6.18 Å². The monoisotopic (exact) mass is 527 g/mol. The lowest BCUT2D eigenvalue weighted by molar-refractivity contribution is -0.142. The molecule has 3 rings (SSSR count). The molecule has 29 heavy (non-hydrogen) atoms. The molecular weight excluding hydrogens is 502 g/mol. The highest BCUT2D eigenvalue weighted by molar-refractivity contribution is 14.0. The highest BCUT2D eigenvalue weighted by Gasteiger charge is 2.37. The molecule has 2 aromatic rings. The third kappa shape index (κ3) is 5.84. The SMILES string of the molecule is CCNC(=NCc1cn(C)nc1C(F)(F)F)N1CCOC(c2cnn(C)c2)C1.I. The molecule has 162 valence electrons. The molecule has 0 aliphatic carbocycles. The van der Waals surface area contributed by atoms with Gasteiger partial charge in [-0.1, -0.05) is 0 Å². The van der Waals surface area contributed by atoms with Crippen LogP contribution in [-0.4, -0.2) is 56.7 Å². The van der Waals surface area contributed by atoms with Crippen LogP contribution in [0.25, 0.3) is 0 Å². The van der Waals surface area contributed by atoms with Crippen LogP contribution in [0.3, 0.4) is 0 Å². The first-order valence-corrected chi connectivity index (χ1v) is 9.01. The van der Waals surface area contributed by atoms with E-state index >= 15 is 0 Å². The zero-order valence-corrected chi connectivity index (χ0v) is 18.8. The first-order valence-electron chi connectivity index (χ1n) is 9.01. The van der Waals surface area contributed by atoms with Gasteiger partial charge in [-0.25, -0.2) is 4.99 Å². The number of hydrogen-bond acceptors (Lipinski definition) is 4. The number of nitrogens with zero attached hydrogens (tertiary/aromatic N) is 6. The summed E-state index contributed by atoms with van der Waals surface area (Å²) < 4.78 is 48.2. The molecule has 12 heteroatoms. The van der Waals surface area contributed by atoms with Crippen LogP contribution in [-0.2, 0) is 31.6 Å². The van der Waals surface area contributed by atoms with E-state index in [9.17, 15) is 13.2 Å². The summed E-state index contributed by atoms with van der Waals surface area (Å²) in [6.07, 6.45) is 0.325. The van der Waals surface area contributed by atoms with Crippen molar-refractivity contribution in [3.05, 3.63) is 35.4 Å². The average Bonchev–Trinajstić information content (AvgIpc) is 3.24. The van der Waals surface area contributed by atoms with Gasteiger partial charge in [-0.15, -0.1) is 24.0 Å². The van der Waals surface area contributed by atoms with Crippen LogP contribution in [0.2, 0.25) is 0 Å². The van der Waals surface area contributed by atoms with Crippen molar-refractivity contribution >= 4 is 29.9 Å². The van der Waals surface area contributed by atoms with Crippen molar-refractivity contribution in [2.75, 3.05) is 26.2 Å². The van der Waals surface area contributed by atoms with Crippen molar-refractivity contribution in [2.45, 2.75) is 25.7 Å². The Bertz CT molecular complexity index is 833. The zero-order chi connectivity index (χ0) is 20.3. The fourth-order valence-electron chi connectivity index (χ4n) is 3.13. The molecule has 3 heterocycles. The number of halogens is 4. The predicted octanol–water partition coefficient (Wildman–Crippen LogP) is 2.33. The van der Waals surface area contributed by atoms with Crippen LogP contribution < -0.4 is 5.32 Å². The molecule has 0 amide bonds. The Morgan fingerprint density at radius 1 is 1.31 bits per heavy atom. The predicted molar refractivity (Wildman–Crippen MR) is 112 cm³/mol. The molecule has 2 aromatic heterocycles. The Morgan fingerprint density at radius 2 is 2.07 bits per heavy atom. The van der Waals surface area contributed by atoms with Crippen molar-refractivity contribution in [1.29, 1.82) is 0 Å². The summed E-state index contributed by atoms with van der Waals surface area (Å²) in [5.74, 6) is 0.552. The Kier molecular flexibility index (Phi) is 7.91. The molecule has 1 aliphatic heterocycles. The Hall–Kier alpha value is -1.83. The lowest BCUT2D eigenvalue weighted by Crippen LogP contribution is -2.48. The Morgan fingerprint density at radius 3 is 2.69 bits per heavy atom. The first-order chi connectivity index (χ1) is 13.3. The molecule has 0 radical (unpaired) electrons. The van der Waals surface area contributed by atoms with E-state index in [-0.39, 0.29) is 42.2 Å². The van der Waals surface area contributed by atoms with Gasteiger partial charge in [0.15, 0.2) is 11.7 Å². The number of nitrogens with one attached hydrogen (secondary N) is 1. The van der Waals surface area contributed by atoms with E-state index in [1.807, 2.05) is 25.1 Å². The Balaban J connectivity index is 0.00000300. The summed E-state index contributed by atoms with van der Waals surface area (Å²) in [5.41, 5.74) is 0.0990. The number of rotatable bonds is 4. The number of aryl methyl sites for hydroxylation is 2. The molecule has 1 atom stereocenters. The van der Waals surface area contributed by atoms with Crippen LogP contribution in [0.4, 0.5) is 13.2 Å². The smallest absolute Gasteiger partial charge is 0.370 e. The van der Waals surface area contributed by atoms with E-state index in [0.29, 0.717) is 32.2 Å². The fourth-order valence-corrected chi connectivity index (χ4v) is 3.13. The zero-order valence-electron chi connectivity index (χ0n) is 16.5. The molecule has 8 nitrogen and oxygen atoms in total. The molecule has 1 N–H and O–H groups in total. The summed E-state index contributed by atoms with van der Waals surface area (Å²) in [4.78, 5) is 6.42. The van der Waals surface area contributed by atoms with E-state index in [0.717, 1.165) is 10.2 Å². The molecule has 1 fully saturated rings. The van der Waals surface area contributed by atoms with E-state index in [1.54, 1.807) is 10.9 Å². The summed E-state index contributed by atoms with van der Waals surface area (Å²) in [6.45, 7) is 4.04. The van der Waals surface area contributed by atoms with Gasteiger partial charge in [0, 0.05) is 50.7 Å². The van der Waals surface area contributed by atoms with Gasteiger partial charge in [0.1, 0.15) is 6.10 Å². The lowest BCUT2D eigenvalue weighted by Gasteiger charge is -2.34. The largest absolute Gasteiger partial charge is 0.435 e. The van der Waals surface area contributed by atoms with E-state index in [1.165, 1.54) is 13.2 Å². The summed E-state index contributed by atoms with van der Waals surface area (Å²) in [5, 5.41) is 10.9. The van der Waals surface area contributed by atoms with E-state index in [4.69, 9.17) is 4.74 Å². The number of aromatic nitrogens is 4. The number of hydrogen-bond donors (Lipinski definition) is 1. The van der Waals surface area contributed by atoms with Crippen molar-refractivity contribution < 1.29 is 17.9 Å². The van der Waals surface area contributed by atoms with Gasteiger partial charge in [0.2, 0.25) is 0 Å². The number of morpholine rings is 1. The minimum absolute atomic E-state index is 0. The van der Waals surface area contributed by atoms with Gasteiger partial charge in [-0.3, -0.25) is 9.36 Å². The molecule has 0 bridgehead atoms. The fraction of sp³-hybridized carbons (Fsp3) is 0.588. The maximum atomic E-state index is 13.2. The minimum atomic E-state index is -4.51. The van der Waals surface area contributed by atoms with Gasteiger partial charge in [-0.05, 0) is 6.92 Å². The lowest BCUT2D eigenvalue weighted by atomic mass is 10.1. The number of guanidine groups is 1. The Labute approximate surface area is 184 Å². The molecule has 0 spiro atoms. The van der Waals surface area contributed by atoms with E-state index < -0.39 is 11.9 Å². The average molecular weight is 527 g/mol. The molecule has 1 aliphatic rings. The minimum Gasteiger partial charge on any atom is -0.370 e. The van der Waals surface area contributed by atoms with E-state index in [2.05, 4.69) is 20.5 Å². The third-order valence-electron chi connectivity index (χ3n) is 4.37. The second-order valence-corrected chi connectivity index (χ2v) is 6.60. The number of aliphatic imine (C=N–C) groups is 1. The topological polar surface area (TPSA) is 72.5 Å². The third-order valence-corrected chi connectivity index (χ3v) is 4.37. The van der Waals surface area contributed by atoms with Gasteiger partial charge < -0.3 is 15.0 Å². The van der Waals surface area contributed by atoms with Crippen molar-refractivity contribution in [3.63, 3.8) is 0 Å². The normalized spacial score (nSPS) is 17.9. The highest BCUT2D eigenvalue weighted by Crippen LogP contribution is 2.31. The van der Waals surface area contributed by atoms with Crippen LogP contribution >= 0.6 is 24.0 Å². The van der Waals surface area contributed by atoms with Crippen LogP contribution in [0.1, 0.15) is 29.8 Å². The van der Waals surface area contributed by atoms with Gasteiger partial charge in [0.25, 0.3) is 0 Å². The van der Waals surface area contributed by atoms with Crippen molar-refractivity contribution in [1.82, 2.24) is 29.8 Å². The summed E-state index contributed by atoms with van der Waals surface area (Å²) in [6, 6.07) is 0. The number of ether oxygens (including phenoxy) is 1. The second kappa shape index (κ2) is 9.78. The molecule has 0 aromatic carbocycles. The van der Waals surface area contributed by atoms with Gasteiger partial charge in [-0.2, -0.15) is 23.4 Å². The van der Waals surface area contributed by atoms with Gasteiger partial charge in [0.05, 0.1) is 25.9 Å². The van der Waals surface area contributed by atoms with Crippen molar-refractivity contribution in [3.8, 4) is 0 Å². The maximum Gasteiger partial charge on any atom is 0.435 e. The summed E-state index contributed by atoms with van der Waals surface area (Å²) in [7, 11) is 3.30. The maximum absolute atomic E-state index is 13.2. The summed E-state index contributed by atoms with van der Waals surface area (Å²) >= 11 is 0. The quantitative estimate of drug-likeness (QED) is 0.376. The molecule has 1 unspecified atom stereocenters. The van der Waals surface area contributed by atoms with Crippen LogP contribution in [0.5, 0.6) is 0 Å². The molecular formula is C17H25F3IN7O. The molecule has 0 saturated carbocycles. The molecule has 1 saturated heterocycles. The standard InChI is InChI=1S/C17H24F3N7O.HI/c1-4-21-16(22-7-13-10-26(3)24-15(13)17(18,19)20)27-5-6-28-14(11-27)12-8-23-25(2)9-12;/h8-10,14H,4-7,11H2,1-3H3,(H,21,22);1H. The first kappa shape index (κ1) is 23.4.